The molecule has 0 aromatic carbocycles. The van der Waals surface area contributed by atoms with E-state index in [2.05, 4.69) is 36.9 Å². The molecule has 19 heavy (non-hydrogen) atoms. The number of nitrogens with zero attached hydrogens (tertiary/aromatic N) is 3. The van der Waals surface area contributed by atoms with E-state index in [0.717, 1.165) is 19.0 Å². The maximum Gasteiger partial charge on any atom is 0.194 e. The number of nitrogens with one attached hydrogen (secondary N) is 2. The normalized spacial score (nSPS) is 11.6. The van der Waals surface area contributed by atoms with Crippen molar-refractivity contribution >= 4 is 5.96 Å². The molecule has 0 bridgehead atoms. The number of aromatic nitrogens is 2. The van der Waals surface area contributed by atoms with Crippen molar-refractivity contribution in [2.45, 2.75) is 13.1 Å². The second-order valence-electron chi connectivity index (χ2n) is 4.56. The Hall–Kier alpha value is -2.17. The summed E-state index contributed by atoms with van der Waals surface area (Å²) in [5.74, 6) is 0.885. The lowest BCUT2D eigenvalue weighted by Crippen LogP contribution is -2.38. The quantitative estimate of drug-likeness (QED) is 0.646. The summed E-state index contributed by atoms with van der Waals surface area (Å²) in [4.78, 5) is 9.60. The van der Waals surface area contributed by atoms with Crippen LogP contribution in [0.25, 0.3) is 0 Å². The lowest BCUT2D eigenvalue weighted by molar-refractivity contribution is 0.469. The van der Waals surface area contributed by atoms with Crippen LogP contribution in [0.1, 0.15) is 11.4 Å². The summed E-state index contributed by atoms with van der Waals surface area (Å²) in [5.41, 5.74) is 2.40. The number of H-pyrrole nitrogens is 1. The fourth-order valence-electron chi connectivity index (χ4n) is 2.03. The second kappa shape index (κ2) is 6.13. The highest BCUT2D eigenvalue weighted by Crippen LogP contribution is 2.02. The van der Waals surface area contributed by atoms with Crippen LogP contribution in [0.4, 0.5) is 0 Å². The van der Waals surface area contributed by atoms with Gasteiger partial charge in [-0.1, -0.05) is 0 Å². The molecule has 0 fully saturated rings. The predicted octanol–water partition coefficient (Wildman–Crippen LogP) is 1.56. The van der Waals surface area contributed by atoms with Crippen molar-refractivity contribution in [2.75, 3.05) is 14.1 Å². The van der Waals surface area contributed by atoms with Crippen molar-refractivity contribution in [3.63, 3.8) is 0 Å². The Labute approximate surface area is 114 Å². The lowest BCUT2D eigenvalue weighted by atomic mass is 10.4. The van der Waals surface area contributed by atoms with E-state index in [4.69, 9.17) is 0 Å². The van der Waals surface area contributed by atoms with Crippen molar-refractivity contribution in [3.05, 3.63) is 48.0 Å². The molecule has 102 valence electrons. The summed E-state index contributed by atoms with van der Waals surface area (Å²) < 4.78 is 2.10. The number of hydrogen-bond donors (Lipinski definition) is 2. The Morgan fingerprint density at radius 2 is 2.26 bits per heavy atom. The zero-order valence-electron chi connectivity index (χ0n) is 11.7. The Kier molecular flexibility index (Phi) is 4.28. The van der Waals surface area contributed by atoms with Crippen molar-refractivity contribution < 1.29 is 0 Å². The average molecular weight is 259 g/mol. The molecule has 0 amide bonds. The van der Waals surface area contributed by atoms with Gasteiger partial charge in [-0.2, -0.15) is 0 Å². The van der Waals surface area contributed by atoms with Gasteiger partial charge in [0.15, 0.2) is 5.96 Å². The van der Waals surface area contributed by atoms with Crippen molar-refractivity contribution in [1.29, 1.82) is 0 Å². The first-order valence-corrected chi connectivity index (χ1v) is 6.35. The summed E-state index contributed by atoms with van der Waals surface area (Å²) in [6, 6.07) is 8.22. The maximum atomic E-state index is 4.31. The van der Waals surface area contributed by atoms with Crippen molar-refractivity contribution in [2.24, 2.45) is 12.0 Å². The minimum Gasteiger partial charge on any atom is -0.364 e. The highest BCUT2D eigenvalue weighted by atomic mass is 15.3. The van der Waals surface area contributed by atoms with Gasteiger partial charge in [0.05, 0.1) is 13.1 Å². The molecule has 0 radical (unpaired) electrons. The third-order valence-corrected chi connectivity index (χ3v) is 3.12. The van der Waals surface area contributed by atoms with Crippen molar-refractivity contribution in [1.82, 2.24) is 19.8 Å². The smallest absolute Gasteiger partial charge is 0.194 e. The molecule has 0 spiro atoms. The summed E-state index contributed by atoms with van der Waals surface area (Å²) >= 11 is 0. The Morgan fingerprint density at radius 3 is 2.84 bits per heavy atom. The molecular weight excluding hydrogens is 238 g/mol. The first-order chi connectivity index (χ1) is 9.20. The van der Waals surface area contributed by atoms with Crippen LogP contribution in [0.3, 0.4) is 0 Å². The molecule has 5 heteroatoms. The first-order valence-electron chi connectivity index (χ1n) is 6.35. The van der Waals surface area contributed by atoms with Gasteiger partial charge >= 0.3 is 0 Å². The third-order valence-electron chi connectivity index (χ3n) is 3.12. The second-order valence-corrected chi connectivity index (χ2v) is 4.56. The monoisotopic (exact) mass is 259 g/mol. The fraction of sp³-hybridized carbons (Fsp3) is 0.357. The van der Waals surface area contributed by atoms with Crippen LogP contribution in [0.2, 0.25) is 0 Å². The van der Waals surface area contributed by atoms with E-state index in [1.54, 1.807) is 7.05 Å². The summed E-state index contributed by atoms with van der Waals surface area (Å²) in [5, 5.41) is 3.37. The van der Waals surface area contributed by atoms with E-state index in [1.165, 1.54) is 11.4 Å². The van der Waals surface area contributed by atoms with Crippen LogP contribution < -0.4 is 5.32 Å². The zero-order valence-corrected chi connectivity index (χ0v) is 11.7. The van der Waals surface area contributed by atoms with Gasteiger partial charge < -0.3 is 19.8 Å². The Balaban J connectivity index is 1.91. The first kappa shape index (κ1) is 13.3. The highest BCUT2D eigenvalue weighted by molar-refractivity contribution is 5.79. The van der Waals surface area contributed by atoms with E-state index in [0.29, 0.717) is 0 Å². The molecule has 5 nitrogen and oxygen atoms in total. The minimum absolute atomic E-state index is 0.769. The SMILES string of the molecule is CN=C(NCc1cccn1C)N(C)Cc1ccc[nH]1. The molecule has 0 saturated heterocycles. The number of guanidine groups is 1. The summed E-state index contributed by atoms with van der Waals surface area (Å²) in [6.45, 7) is 1.57. The molecule has 2 aromatic heterocycles. The van der Waals surface area contributed by atoms with Crippen LogP contribution in [-0.4, -0.2) is 34.5 Å². The molecule has 0 saturated carbocycles. The Bertz CT molecular complexity index is 524. The summed E-state index contributed by atoms with van der Waals surface area (Å²) in [7, 11) is 5.88. The maximum absolute atomic E-state index is 4.31. The van der Waals surface area contributed by atoms with Crippen LogP contribution in [-0.2, 0) is 20.1 Å². The third kappa shape index (κ3) is 3.40. The zero-order chi connectivity index (χ0) is 13.7. The van der Waals surface area contributed by atoms with Crippen LogP contribution in [0.15, 0.2) is 41.7 Å². The molecule has 2 N–H and O–H groups in total. The molecule has 2 heterocycles. The predicted molar refractivity (Wildman–Crippen MR) is 77.9 cm³/mol. The number of rotatable bonds is 4. The standard InChI is InChI=1S/C14H21N5/c1-15-14(17-10-13-7-5-9-18(13)2)19(3)11-12-6-4-8-16-12/h4-9,16H,10-11H2,1-3H3,(H,15,17). The molecule has 0 unspecified atom stereocenters. The van der Waals surface area contributed by atoms with E-state index >= 15 is 0 Å². The molecule has 0 aliphatic heterocycles. The Morgan fingerprint density at radius 1 is 1.42 bits per heavy atom. The molecule has 0 aliphatic rings. The van der Waals surface area contributed by atoms with E-state index in [-0.39, 0.29) is 0 Å². The van der Waals surface area contributed by atoms with Gasteiger partial charge in [0.25, 0.3) is 0 Å². The molecule has 0 aliphatic carbocycles. The van der Waals surface area contributed by atoms with E-state index in [1.807, 2.05) is 38.6 Å². The van der Waals surface area contributed by atoms with Gasteiger partial charge in [0.1, 0.15) is 0 Å². The van der Waals surface area contributed by atoms with Gasteiger partial charge in [0, 0.05) is 44.9 Å². The number of aliphatic imine (C=N–C) groups is 1. The van der Waals surface area contributed by atoms with Gasteiger partial charge in [-0.25, -0.2) is 0 Å². The lowest BCUT2D eigenvalue weighted by Gasteiger charge is -2.21. The van der Waals surface area contributed by atoms with Crippen LogP contribution in [0, 0.1) is 0 Å². The van der Waals surface area contributed by atoms with Gasteiger partial charge in [-0.15, -0.1) is 0 Å². The number of aromatic amines is 1. The van der Waals surface area contributed by atoms with Gasteiger partial charge in [0.2, 0.25) is 0 Å². The number of aryl methyl sites for hydroxylation is 1. The molecule has 2 aromatic rings. The summed E-state index contributed by atoms with van der Waals surface area (Å²) in [6.07, 6.45) is 3.98. The molecular formula is C14H21N5. The van der Waals surface area contributed by atoms with E-state index < -0.39 is 0 Å². The topological polar surface area (TPSA) is 48.4 Å². The van der Waals surface area contributed by atoms with E-state index in [9.17, 15) is 0 Å². The van der Waals surface area contributed by atoms with Gasteiger partial charge in [-0.3, -0.25) is 4.99 Å². The van der Waals surface area contributed by atoms with Crippen LogP contribution >= 0.6 is 0 Å². The minimum atomic E-state index is 0.769. The van der Waals surface area contributed by atoms with Crippen molar-refractivity contribution in [3.8, 4) is 0 Å². The highest BCUT2D eigenvalue weighted by Gasteiger charge is 2.07. The van der Waals surface area contributed by atoms with Gasteiger partial charge in [-0.05, 0) is 24.3 Å². The molecule has 2 rings (SSSR count). The van der Waals surface area contributed by atoms with Crippen LogP contribution in [0.5, 0.6) is 0 Å². The largest absolute Gasteiger partial charge is 0.364 e. The molecule has 0 atom stereocenters. The number of hydrogen-bond acceptors (Lipinski definition) is 1. The average Bonchev–Trinajstić information content (AvgIpc) is 3.02. The fourth-order valence-corrected chi connectivity index (χ4v) is 2.03.